The molecule has 2 aromatic carbocycles. The minimum absolute atomic E-state index is 0.136. The molecule has 5 nitrogen and oxygen atoms in total. The SMILES string of the molecule is CCOc1ccc(S(=O)(=O)N/N=C\c2ccc(C)cc2)cc1. The van der Waals surface area contributed by atoms with Crippen LogP contribution in [0.3, 0.4) is 0 Å². The normalized spacial score (nSPS) is 11.5. The Bertz CT molecular complexity index is 736. The molecule has 1 N–H and O–H groups in total. The number of hydrazone groups is 1. The third kappa shape index (κ3) is 4.33. The van der Waals surface area contributed by atoms with Crippen LogP contribution in [0.5, 0.6) is 5.75 Å². The van der Waals surface area contributed by atoms with Gasteiger partial charge < -0.3 is 4.74 Å². The maximum absolute atomic E-state index is 12.1. The predicted molar refractivity (Wildman–Crippen MR) is 86.7 cm³/mol. The van der Waals surface area contributed by atoms with Crippen LogP contribution in [0.25, 0.3) is 0 Å². The predicted octanol–water partition coefficient (Wildman–Crippen LogP) is 2.71. The van der Waals surface area contributed by atoms with Crippen LogP contribution >= 0.6 is 0 Å². The van der Waals surface area contributed by atoms with Crippen LogP contribution in [-0.4, -0.2) is 21.2 Å². The van der Waals surface area contributed by atoms with Gasteiger partial charge in [-0.1, -0.05) is 29.8 Å². The van der Waals surface area contributed by atoms with Crippen molar-refractivity contribution < 1.29 is 13.2 Å². The summed E-state index contributed by atoms with van der Waals surface area (Å²) in [4.78, 5) is 2.33. The Morgan fingerprint density at radius 2 is 1.73 bits per heavy atom. The zero-order chi connectivity index (χ0) is 16.0. The smallest absolute Gasteiger partial charge is 0.276 e. The fraction of sp³-hybridized carbons (Fsp3) is 0.188. The van der Waals surface area contributed by atoms with Gasteiger partial charge >= 0.3 is 0 Å². The number of hydrogen-bond donors (Lipinski definition) is 1. The number of sulfonamides is 1. The van der Waals surface area contributed by atoms with Gasteiger partial charge in [0.25, 0.3) is 10.0 Å². The largest absolute Gasteiger partial charge is 0.494 e. The summed E-state index contributed by atoms with van der Waals surface area (Å²) in [6.45, 7) is 4.38. The minimum Gasteiger partial charge on any atom is -0.494 e. The van der Waals surface area contributed by atoms with Gasteiger partial charge in [0.2, 0.25) is 0 Å². The van der Waals surface area contributed by atoms with Crippen LogP contribution in [0.2, 0.25) is 0 Å². The molecule has 0 spiro atoms. The summed E-state index contributed by atoms with van der Waals surface area (Å²) in [5.74, 6) is 0.629. The fourth-order valence-corrected chi connectivity index (χ4v) is 2.55. The lowest BCUT2D eigenvalue weighted by molar-refractivity contribution is 0.340. The van der Waals surface area contributed by atoms with Gasteiger partial charge in [-0.2, -0.15) is 13.5 Å². The first-order valence-corrected chi connectivity index (χ1v) is 8.34. The maximum Gasteiger partial charge on any atom is 0.276 e. The molecule has 2 rings (SSSR count). The second-order valence-electron chi connectivity index (χ2n) is 4.67. The Balaban J connectivity index is 2.05. The summed E-state index contributed by atoms with van der Waals surface area (Å²) in [7, 11) is -3.67. The van der Waals surface area contributed by atoms with Crippen molar-refractivity contribution in [1.29, 1.82) is 0 Å². The summed E-state index contributed by atoms with van der Waals surface area (Å²) in [5, 5.41) is 3.78. The molecular weight excluding hydrogens is 300 g/mol. The van der Waals surface area contributed by atoms with Crippen molar-refractivity contribution in [3.05, 3.63) is 59.7 Å². The van der Waals surface area contributed by atoms with Crippen molar-refractivity contribution in [3.8, 4) is 5.75 Å². The van der Waals surface area contributed by atoms with Crippen molar-refractivity contribution >= 4 is 16.2 Å². The van der Waals surface area contributed by atoms with E-state index in [0.29, 0.717) is 12.4 Å². The average molecular weight is 318 g/mol. The quantitative estimate of drug-likeness (QED) is 0.658. The topological polar surface area (TPSA) is 67.8 Å². The Kier molecular flexibility index (Phi) is 5.16. The third-order valence-corrected chi connectivity index (χ3v) is 4.15. The number of ether oxygens (including phenoxy) is 1. The van der Waals surface area contributed by atoms with Gasteiger partial charge in [-0.3, -0.25) is 0 Å². The first-order chi connectivity index (χ1) is 10.5. The number of hydrogen-bond acceptors (Lipinski definition) is 4. The van der Waals surface area contributed by atoms with Gasteiger partial charge in [0, 0.05) is 0 Å². The van der Waals surface area contributed by atoms with E-state index in [4.69, 9.17) is 4.74 Å². The Morgan fingerprint density at radius 3 is 2.32 bits per heavy atom. The maximum atomic E-state index is 12.1. The molecule has 0 aliphatic carbocycles. The lowest BCUT2D eigenvalue weighted by atomic mass is 10.2. The highest BCUT2D eigenvalue weighted by atomic mass is 32.2. The average Bonchev–Trinajstić information content (AvgIpc) is 2.50. The highest BCUT2D eigenvalue weighted by molar-refractivity contribution is 7.89. The number of nitrogens with one attached hydrogen (secondary N) is 1. The zero-order valence-corrected chi connectivity index (χ0v) is 13.3. The van der Waals surface area contributed by atoms with E-state index in [9.17, 15) is 8.42 Å². The van der Waals surface area contributed by atoms with Crippen LogP contribution in [-0.2, 0) is 10.0 Å². The summed E-state index contributed by atoms with van der Waals surface area (Å²) < 4.78 is 29.4. The van der Waals surface area contributed by atoms with E-state index in [0.717, 1.165) is 11.1 Å². The summed E-state index contributed by atoms with van der Waals surface area (Å²) in [6, 6.07) is 13.8. The van der Waals surface area contributed by atoms with Gasteiger partial charge in [-0.05, 0) is 43.7 Å². The van der Waals surface area contributed by atoms with Crippen molar-refractivity contribution in [3.63, 3.8) is 0 Å². The molecule has 0 aliphatic rings. The lowest BCUT2D eigenvalue weighted by Crippen LogP contribution is -2.18. The standard InChI is InChI=1S/C16H18N2O3S/c1-3-21-15-8-10-16(11-9-15)22(19,20)18-17-12-14-6-4-13(2)5-7-14/h4-12,18H,3H2,1-2H3/b17-12-. The van der Waals surface area contributed by atoms with Crippen LogP contribution in [0.1, 0.15) is 18.1 Å². The molecule has 0 saturated heterocycles. The summed E-state index contributed by atoms with van der Waals surface area (Å²) in [5.41, 5.74) is 1.95. The second kappa shape index (κ2) is 7.09. The lowest BCUT2D eigenvalue weighted by Gasteiger charge is -2.05. The van der Waals surface area contributed by atoms with E-state index in [1.165, 1.54) is 18.3 Å². The van der Waals surface area contributed by atoms with Crippen molar-refractivity contribution in [2.75, 3.05) is 6.61 Å². The molecule has 6 heteroatoms. The van der Waals surface area contributed by atoms with Crippen molar-refractivity contribution in [1.82, 2.24) is 4.83 Å². The summed E-state index contributed by atoms with van der Waals surface area (Å²) in [6.07, 6.45) is 1.46. The molecule has 0 aromatic heterocycles. The van der Waals surface area contributed by atoms with Crippen LogP contribution in [0, 0.1) is 6.92 Å². The highest BCUT2D eigenvalue weighted by Crippen LogP contribution is 2.15. The number of benzene rings is 2. The van der Waals surface area contributed by atoms with Gasteiger partial charge in [-0.25, -0.2) is 4.83 Å². The van der Waals surface area contributed by atoms with Crippen LogP contribution in [0.4, 0.5) is 0 Å². The van der Waals surface area contributed by atoms with E-state index >= 15 is 0 Å². The van der Waals surface area contributed by atoms with E-state index < -0.39 is 10.0 Å². The fourth-order valence-electron chi connectivity index (χ4n) is 1.76. The van der Waals surface area contributed by atoms with E-state index in [-0.39, 0.29) is 4.90 Å². The molecule has 0 aliphatic heterocycles. The van der Waals surface area contributed by atoms with E-state index in [2.05, 4.69) is 9.93 Å². The molecule has 22 heavy (non-hydrogen) atoms. The molecule has 0 fully saturated rings. The Morgan fingerprint density at radius 1 is 1.09 bits per heavy atom. The Labute approximate surface area is 130 Å². The third-order valence-electron chi connectivity index (χ3n) is 2.91. The van der Waals surface area contributed by atoms with Crippen LogP contribution < -0.4 is 9.57 Å². The zero-order valence-electron chi connectivity index (χ0n) is 12.5. The van der Waals surface area contributed by atoms with E-state index in [1.807, 2.05) is 38.1 Å². The number of rotatable bonds is 6. The molecule has 0 saturated carbocycles. The second-order valence-corrected chi connectivity index (χ2v) is 6.33. The monoisotopic (exact) mass is 318 g/mol. The first-order valence-electron chi connectivity index (χ1n) is 6.85. The molecule has 116 valence electrons. The van der Waals surface area contributed by atoms with Crippen molar-refractivity contribution in [2.45, 2.75) is 18.7 Å². The molecule has 0 radical (unpaired) electrons. The van der Waals surface area contributed by atoms with Gasteiger partial charge in [0.1, 0.15) is 5.75 Å². The summed E-state index contributed by atoms with van der Waals surface area (Å²) >= 11 is 0. The molecule has 0 unspecified atom stereocenters. The van der Waals surface area contributed by atoms with E-state index in [1.54, 1.807) is 12.1 Å². The molecule has 2 aromatic rings. The molecule has 0 atom stereocenters. The van der Waals surface area contributed by atoms with Crippen LogP contribution in [0.15, 0.2) is 58.5 Å². The first kappa shape index (κ1) is 16.0. The van der Waals surface area contributed by atoms with Gasteiger partial charge in [-0.15, -0.1) is 0 Å². The van der Waals surface area contributed by atoms with Gasteiger partial charge in [0.15, 0.2) is 0 Å². The Hall–Kier alpha value is -2.34. The minimum atomic E-state index is -3.67. The van der Waals surface area contributed by atoms with Gasteiger partial charge in [0.05, 0.1) is 17.7 Å². The molecule has 0 amide bonds. The number of aryl methyl sites for hydroxylation is 1. The molecule has 0 heterocycles. The molecule has 0 bridgehead atoms. The van der Waals surface area contributed by atoms with Crippen molar-refractivity contribution in [2.24, 2.45) is 5.10 Å². The number of nitrogens with zero attached hydrogens (tertiary/aromatic N) is 1. The highest BCUT2D eigenvalue weighted by Gasteiger charge is 2.12. The molecular formula is C16H18N2O3S.